The van der Waals surface area contributed by atoms with Crippen molar-refractivity contribution in [2.75, 3.05) is 7.05 Å². The van der Waals surface area contributed by atoms with E-state index in [9.17, 15) is 10.1 Å². The molecule has 2 aromatic carbocycles. The minimum Gasteiger partial charge on any atom is -0.491 e. The third kappa shape index (κ3) is 4.22. The summed E-state index contributed by atoms with van der Waals surface area (Å²) in [5, 5.41) is 22.9. The molecule has 2 heterocycles. The highest BCUT2D eigenvalue weighted by atomic mass is 32.1. The summed E-state index contributed by atoms with van der Waals surface area (Å²) in [5.41, 5.74) is 2.57. The zero-order chi connectivity index (χ0) is 23.8. The number of nitrogens with zero attached hydrogens (tertiary/aromatic N) is 2. The van der Waals surface area contributed by atoms with Gasteiger partial charge in [0.1, 0.15) is 5.75 Å². The minimum atomic E-state index is -0.809. The predicted octanol–water partition coefficient (Wildman–Crippen LogP) is 5.07. The normalized spacial score (nSPS) is 20.5. The molecule has 1 amide bonds. The van der Waals surface area contributed by atoms with Crippen molar-refractivity contribution in [3.05, 3.63) is 76.0 Å². The molecular weight excluding hydrogens is 432 g/mol. The van der Waals surface area contributed by atoms with Crippen molar-refractivity contribution in [3.8, 4) is 22.9 Å². The fourth-order valence-electron chi connectivity index (χ4n) is 4.17. The molecule has 33 heavy (non-hydrogen) atoms. The Kier molecular flexibility index (Phi) is 5.96. The van der Waals surface area contributed by atoms with E-state index in [-0.39, 0.29) is 18.0 Å². The van der Waals surface area contributed by atoms with Crippen molar-refractivity contribution in [1.82, 2.24) is 10.2 Å². The summed E-state index contributed by atoms with van der Waals surface area (Å²) in [6, 6.07) is 19.3. The van der Waals surface area contributed by atoms with Crippen molar-refractivity contribution in [1.29, 1.82) is 10.7 Å². The highest BCUT2D eigenvalue weighted by Gasteiger charge is 2.49. The van der Waals surface area contributed by atoms with Crippen LogP contribution in [0.4, 0.5) is 0 Å². The van der Waals surface area contributed by atoms with Crippen LogP contribution < -0.4 is 10.1 Å². The maximum atomic E-state index is 13.4. The van der Waals surface area contributed by atoms with E-state index in [1.807, 2.05) is 74.7 Å². The number of likely N-dealkylation sites (N-methyl/N-ethyl adjacent to an activating group) is 1. The summed E-state index contributed by atoms with van der Waals surface area (Å²) in [6.45, 7) is 5.92. The van der Waals surface area contributed by atoms with Crippen LogP contribution in [0.25, 0.3) is 11.1 Å². The van der Waals surface area contributed by atoms with Crippen LogP contribution in [-0.2, 0) is 10.3 Å². The van der Waals surface area contributed by atoms with Crippen molar-refractivity contribution in [3.63, 3.8) is 0 Å². The minimum absolute atomic E-state index is 0.0646. The molecule has 1 fully saturated rings. The molecule has 0 radical (unpaired) electrons. The van der Waals surface area contributed by atoms with E-state index in [0.717, 1.165) is 27.3 Å². The molecule has 0 unspecified atom stereocenters. The molecule has 2 N–H and O–H groups in total. The van der Waals surface area contributed by atoms with Gasteiger partial charge >= 0.3 is 0 Å². The molecule has 0 aliphatic carbocycles. The third-order valence-electron chi connectivity index (χ3n) is 5.89. The Labute approximate surface area is 197 Å². The van der Waals surface area contributed by atoms with E-state index < -0.39 is 11.5 Å². The molecule has 1 saturated heterocycles. The first kappa shape index (κ1) is 22.6. The molecule has 0 saturated carbocycles. The molecular formula is C26H26N4O2S. The molecule has 2 atom stereocenters. The summed E-state index contributed by atoms with van der Waals surface area (Å²) < 4.78 is 5.76. The predicted molar refractivity (Wildman–Crippen MR) is 130 cm³/mol. The average molecular weight is 459 g/mol. The van der Waals surface area contributed by atoms with Gasteiger partial charge in [0.25, 0.3) is 0 Å². The number of thiophene rings is 1. The summed E-state index contributed by atoms with van der Waals surface area (Å²) >= 11 is 1.54. The molecule has 7 heteroatoms. The van der Waals surface area contributed by atoms with Gasteiger partial charge < -0.3 is 10.1 Å². The van der Waals surface area contributed by atoms with E-state index in [0.29, 0.717) is 5.56 Å². The van der Waals surface area contributed by atoms with E-state index >= 15 is 0 Å². The molecule has 1 aliphatic rings. The number of nitriles is 1. The van der Waals surface area contributed by atoms with Gasteiger partial charge in [0.05, 0.1) is 29.2 Å². The van der Waals surface area contributed by atoms with Crippen LogP contribution in [0, 0.1) is 16.7 Å². The lowest BCUT2D eigenvalue weighted by molar-refractivity contribution is -0.131. The van der Waals surface area contributed by atoms with Gasteiger partial charge in [-0.3, -0.25) is 15.1 Å². The lowest BCUT2D eigenvalue weighted by Gasteiger charge is -2.45. The second kappa shape index (κ2) is 8.72. The summed E-state index contributed by atoms with van der Waals surface area (Å²) in [4.78, 5) is 15.7. The Bertz CT molecular complexity index is 1240. The summed E-state index contributed by atoms with van der Waals surface area (Å²) in [5.74, 6) is 0.158. The first-order valence-corrected chi connectivity index (χ1v) is 11.6. The van der Waals surface area contributed by atoms with Crippen LogP contribution in [0.1, 0.15) is 42.7 Å². The first-order chi connectivity index (χ1) is 15.7. The Morgan fingerprint density at radius 1 is 1.18 bits per heavy atom. The highest BCUT2D eigenvalue weighted by Crippen LogP contribution is 2.44. The van der Waals surface area contributed by atoms with Crippen LogP contribution >= 0.6 is 11.3 Å². The number of carbonyl (C=O) groups excluding carboxylic acids is 1. The topological polar surface area (TPSA) is 89.2 Å². The van der Waals surface area contributed by atoms with Crippen LogP contribution in [0.3, 0.4) is 0 Å². The Morgan fingerprint density at radius 2 is 1.91 bits per heavy atom. The number of ether oxygens (including phenoxy) is 1. The highest BCUT2D eigenvalue weighted by molar-refractivity contribution is 7.10. The van der Waals surface area contributed by atoms with E-state index in [4.69, 9.17) is 10.1 Å². The number of benzene rings is 2. The average Bonchev–Trinajstić information content (AvgIpc) is 3.30. The molecule has 1 aliphatic heterocycles. The third-order valence-corrected chi connectivity index (χ3v) is 7.06. The van der Waals surface area contributed by atoms with Gasteiger partial charge in [-0.1, -0.05) is 24.3 Å². The van der Waals surface area contributed by atoms with Crippen LogP contribution in [0.5, 0.6) is 5.75 Å². The number of hydrogen-bond donors (Lipinski definition) is 2. The molecule has 6 nitrogen and oxygen atoms in total. The molecule has 1 aromatic heterocycles. The summed E-state index contributed by atoms with van der Waals surface area (Å²) in [7, 11) is 1.62. The fraction of sp³-hybridized carbons (Fsp3) is 0.269. The Morgan fingerprint density at radius 3 is 2.58 bits per heavy atom. The van der Waals surface area contributed by atoms with Gasteiger partial charge in [0.15, 0.2) is 5.96 Å². The SMILES string of the molecule is CC(C)Oc1ccc([C@@H]2C(=O)N(C)C(=N)N[C@]2(C)c2cc(-c3cccc(C#N)c3)cs2)cc1. The van der Waals surface area contributed by atoms with E-state index in [1.165, 1.54) is 4.90 Å². The van der Waals surface area contributed by atoms with Gasteiger partial charge in [-0.25, -0.2) is 0 Å². The first-order valence-electron chi connectivity index (χ1n) is 10.7. The second-order valence-electron chi connectivity index (χ2n) is 8.63. The number of guanidine groups is 1. The van der Waals surface area contributed by atoms with Crippen molar-refractivity contribution in [2.45, 2.75) is 38.3 Å². The zero-order valence-electron chi connectivity index (χ0n) is 19.0. The number of amides is 1. The van der Waals surface area contributed by atoms with E-state index in [2.05, 4.69) is 11.4 Å². The van der Waals surface area contributed by atoms with E-state index in [1.54, 1.807) is 24.5 Å². The molecule has 0 spiro atoms. The maximum absolute atomic E-state index is 13.4. The molecule has 4 rings (SSSR count). The smallest absolute Gasteiger partial charge is 0.239 e. The zero-order valence-corrected chi connectivity index (χ0v) is 19.9. The monoisotopic (exact) mass is 458 g/mol. The van der Waals surface area contributed by atoms with Crippen molar-refractivity contribution >= 4 is 23.2 Å². The molecule has 3 aromatic rings. The maximum Gasteiger partial charge on any atom is 0.239 e. The van der Waals surface area contributed by atoms with Gasteiger partial charge in [-0.2, -0.15) is 5.26 Å². The van der Waals surface area contributed by atoms with Crippen molar-refractivity contribution in [2.24, 2.45) is 0 Å². The number of hydrogen-bond acceptors (Lipinski definition) is 5. The second-order valence-corrected chi connectivity index (χ2v) is 9.55. The van der Waals surface area contributed by atoms with Crippen LogP contribution in [-0.4, -0.2) is 29.9 Å². The standard InChI is InChI=1S/C26H26N4O2S/c1-16(2)32-21-10-8-18(9-11-21)23-24(31)30(4)25(28)29-26(23,3)22-13-20(15-33-22)19-7-5-6-17(12-19)14-27/h5-13,15-16,23H,1-4H3,(H2,28,29)/t23-,26-/m1/s1. The van der Waals surface area contributed by atoms with Gasteiger partial charge in [-0.05, 0) is 73.2 Å². The largest absolute Gasteiger partial charge is 0.491 e. The van der Waals surface area contributed by atoms with Gasteiger partial charge in [-0.15, -0.1) is 11.3 Å². The van der Waals surface area contributed by atoms with Crippen LogP contribution in [0.2, 0.25) is 0 Å². The number of carbonyl (C=O) groups is 1. The number of rotatable bonds is 5. The van der Waals surface area contributed by atoms with Gasteiger partial charge in [0, 0.05) is 11.9 Å². The molecule has 0 bridgehead atoms. The fourth-order valence-corrected chi connectivity index (χ4v) is 5.24. The lowest BCUT2D eigenvalue weighted by Crippen LogP contribution is -2.62. The number of nitrogens with one attached hydrogen (secondary N) is 2. The quantitative estimate of drug-likeness (QED) is 0.559. The van der Waals surface area contributed by atoms with Crippen LogP contribution in [0.15, 0.2) is 60.0 Å². The lowest BCUT2D eigenvalue weighted by atomic mass is 9.76. The molecule has 168 valence electrons. The Hall–Kier alpha value is -3.63. The summed E-state index contributed by atoms with van der Waals surface area (Å²) in [6.07, 6.45) is 0.0646. The van der Waals surface area contributed by atoms with Gasteiger partial charge in [0.2, 0.25) is 5.91 Å². The van der Waals surface area contributed by atoms with Crippen molar-refractivity contribution < 1.29 is 9.53 Å². The Balaban J connectivity index is 1.75.